The molecular formula is C18H29N. The van der Waals surface area contributed by atoms with Gasteiger partial charge in [0.15, 0.2) is 0 Å². The van der Waals surface area contributed by atoms with E-state index >= 15 is 0 Å². The fraction of sp³-hybridized carbons (Fsp3) is 0.556. The van der Waals surface area contributed by atoms with Gasteiger partial charge in [0.25, 0.3) is 0 Å². The van der Waals surface area contributed by atoms with E-state index < -0.39 is 0 Å². The van der Waals surface area contributed by atoms with Crippen LogP contribution in [0.2, 0.25) is 0 Å². The van der Waals surface area contributed by atoms with Gasteiger partial charge in [0.2, 0.25) is 0 Å². The predicted octanol–water partition coefficient (Wildman–Crippen LogP) is 5.58. The van der Waals surface area contributed by atoms with Gasteiger partial charge in [0, 0.05) is 12.7 Å². The lowest BCUT2D eigenvalue weighted by molar-refractivity contribution is 0.666. The predicted molar refractivity (Wildman–Crippen MR) is 86.8 cm³/mol. The molecule has 1 aromatic rings. The van der Waals surface area contributed by atoms with Crippen molar-refractivity contribution in [1.29, 1.82) is 0 Å². The molecule has 0 unspecified atom stereocenters. The lowest BCUT2D eigenvalue weighted by atomic mass is 10.0. The fourth-order valence-corrected chi connectivity index (χ4v) is 2.34. The van der Waals surface area contributed by atoms with E-state index in [4.69, 9.17) is 0 Å². The Kier molecular flexibility index (Phi) is 8.04. The van der Waals surface area contributed by atoms with Crippen molar-refractivity contribution in [1.82, 2.24) is 0 Å². The van der Waals surface area contributed by atoms with Gasteiger partial charge < -0.3 is 5.32 Å². The van der Waals surface area contributed by atoms with E-state index in [0.717, 1.165) is 0 Å². The Balaban J connectivity index is 2.14. The number of aryl methyl sites for hydroxylation is 1. The highest BCUT2D eigenvalue weighted by Crippen LogP contribution is 2.16. The zero-order chi connectivity index (χ0) is 13.9. The van der Waals surface area contributed by atoms with E-state index in [1.807, 2.05) is 7.05 Å². The summed E-state index contributed by atoms with van der Waals surface area (Å²) in [4.78, 5) is 0. The van der Waals surface area contributed by atoms with Crippen LogP contribution < -0.4 is 5.32 Å². The van der Waals surface area contributed by atoms with Gasteiger partial charge in [-0.2, -0.15) is 0 Å². The zero-order valence-electron chi connectivity index (χ0n) is 12.7. The van der Waals surface area contributed by atoms with Crippen LogP contribution in [0.5, 0.6) is 0 Å². The highest BCUT2D eigenvalue weighted by Gasteiger charge is 1.98. The second-order valence-electron chi connectivity index (χ2n) is 5.36. The third-order valence-electron chi connectivity index (χ3n) is 3.60. The van der Waals surface area contributed by atoms with Crippen molar-refractivity contribution in [2.75, 3.05) is 12.4 Å². The van der Waals surface area contributed by atoms with Crippen molar-refractivity contribution in [3.05, 3.63) is 42.0 Å². The molecule has 0 bridgehead atoms. The molecular weight excluding hydrogens is 230 g/mol. The Morgan fingerprint density at radius 3 is 2.53 bits per heavy atom. The molecule has 0 heterocycles. The van der Waals surface area contributed by atoms with Gasteiger partial charge in [-0.25, -0.2) is 0 Å². The average Bonchev–Trinajstić information content (AvgIpc) is 2.44. The SMILES string of the molecule is C=C(CCCCC)CCCCc1cccc(NC)c1. The number of unbranched alkanes of at least 4 members (excludes halogenated alkanes) is 3. The van der Waals surface area contributed by atoms with Gasteiger partial charge in [-0.05, 0) is 56.2 Å². The number of benzene rings is 1. The van der Waals surface area contributed by atoms with Crippen LogP contribution in [0.3, 0.4) is 0 Å². The summed E-state index contributed by atoms with van der Waals surface area (Å²) < 4.78 is 0. The van der Waals surface area contributed by atoms with E-state index in [9.17, 15) is 0 Å². The summed E-state index contributed by atoms with van der Waals surface area (Å²) in [6.07, 6.45) is 10.1. The number of rotatable bonds is 10. The lowest BCUT2D eigenvalue weighted by Gasteiger charge is -2.07. The standard InChI is InChI=1S/C18H29N/c1-4-5-6-10-16(2)11-7-8-12-17-13-9-14-18(15-17)19-3/h9,13-15,19H,2,4-8,10-12H2,1,3H3. The maximum absolute atomic E-state index is 4.19. The molecule has 1 heteroatoms. The first-order chi connectivity index (χ1) is 9.26. The minimum absolute atomic E-state index is 1.18. The maximum atomic E-state index is 4.19. The summed E-state index contributed by atoms with van der Waals surface area (Å²) >= 11 is 0. The minimum atomic E-state index is 1.18. The third kappa shape index (κ3) is 7.05. The first-order valence-corrected chi connectivity index (χ1v) is 7.69. The maximum Gasteiger partial charge on any atom is 0.0340 e. The first kappa shape index (κ1) is 15.8. The molecule has 0 aliphatic heterocycles. The van der Waals surface area contributed by atoms with Gasteiger partial charge in [0.1, 0.15) is 0 Å². The van der Waals surface area contributed by atoms with Gasteiger partial charge in [-0.15, -0.1) is 0 Å². The number of hydrogen-bond donors (Lipinski definition) is 1. The molecule has 1 rings (SSSR count). The molecule has 1 N–H and O–H groups in total. The average molecular weight is 259 g/mol. The second-order valence-corrected chi connectivity index (χ2v) is 5.36. The van der Waals surface area contributed by atoms with Crippen molar-refractivity contribution in [3.8, 4) is 0 Å². The topological polar surface area (TPSA) is 12.0 Å². The molecule has 106 valence electrons. The van der Waals surface area contributed by atoms with Crippen LogP contribution in [-0.4, -0.2) is 7.05 Å². The van der Waals surface area contributed by atoms with Crippen LogP contribution in [0.15, 0.2) is 36.4 Å². The van der Waals surface area contributed by atoms with Crippen LogP contribution in [0.1, 0.15) is 57.4 Å². The Bertz CT molecular complexity index is 368. The van der Waals surface area contributed by atoms with Crippen molar-refractivity contribution >= 4 is 5.69 Å². The summed E-state index contributed by atoms with van der Waals surface area (Å²) in [5, 5.41) is 3.19. The minimum Gasteiger partial charge on any atom is -0.388 e. The number of allylic oxidation sites excluding steroid dienone is 1. The Hall–Kier alpha value is -1.24. The van der Waals surface area contributed by atoms with Crippen molar-refractivity contribution in [3.63, 3.8) is 0 Å². The quantitative estimate of drug-likeness (QED) is 0.427. The van der Waals surface area contributed by atoms with Crippen molar-refractivity contribution in [2.45, 2.75) is 58.3 Å². The van der Waals surface area contributed by atoms with E-state index in [1.165, 1.54) is 68.2 Å². The number of hydrogen-bond acceptors (Lipinski definition) is 1. The summed E-state index contributed by atoms with van der Waals surface area (Å²) in [6.45, 7) is 6.44. The molecule has 0 atom stereocenters. The normalized spacial score (nSPS) is 10.4. The zero-order valence-corrected chi connectivity index (χ0v) is 12.7. The van der Waals surface area contributed by atoms with Gasteiger partial charge in [-0.1, -0.05) is 44.1 Å². The van der Waals surface area contributed by atoms with Crippen LogP contribution in [0.25, 0.3) is 0 Å². The highest BCUT2D eigenvalue weighted by molar-refractivity contribution is 5.44. The molecule has 0 radical (unpaired) electrons. The van der Waals surface area contributed by atoms with Crippen LogP contribution in [0.4, 0.5) is 5.69 Å². The second kappa shape index (κ2) is 9.66. The highest BCUT2D eigenvalue weighted by atomic mass is 14.8. The number of nitrogens with one attached hydrogen (secondary N) is 1. The fourth-order valence-electron chi connectivity index (χ4n) is 2.34. The molecule has 0 aliphatic rings. The van der Waals surface area contributed by atoms with Gasteiger partial charge in [0.05, 0.1) is 0 Å². The summed E-state index contributed by atoms with van der Waals surface area (Å²) in [7, 11) is 1.97. The van der Waals surface area contributed by atoms with Crippen molar-refractivity contribution in [2.24, 2.45) is 0 Å². The molecule has 19 heavy (non-hydrogen) atoms. The molecule has 1 nitrogen and oxygen atoms in total. The largest absolute Gasteiger partial charge is 0.388 e. The van der Waals surface area contributed by atoms with Crippen LogP contribution in [0, 0.1) is 0 Å². The first-order valence-electron chi connectivity index (χ1n) is 7.69. The molecule has 0 saturated heterocycles. The van der Waals surface area contributed by atoms with Gasteiger partial charge in [-0.3, -0.25) is 0 Å². The summed E-state index contributed by atoms with van der Waals surface area (Å²) in [5.41, 5.74) is 4.09. The van der Waals surface area contributed by atoms with E-state index in [0.29, 0.717) is 0 Å². The Labute approximate surface area is 119 Å². The molecule has 0 aliphatic carbocycles. The Morgan fingerprint density at radius 2 is 1.84 bits per heavy atom. The molecule has 1 aromatic carbocycles. The smallest absolute Gasteiger partial charge is 0.0340 e. The summed E-state index contributed by atoms with van der Waals surface area (Å²) in [6, 6.07) is 8.71. The molecule has 0 aromatic heterocycles. The molecule has 0 fully saturated rings. The Morgan fingerprint density at radius 1 is 1.11 bits per heavy atom. The van der Waals surface area contributed by atoms with E-state index in [1.54, 1.807) is 0 Å². The molecule has 0 amide bonds. The van der Waals surface area contributed by atoms with Crippen LogP contribution >= 0.6 is 0 Å². The van der Waals surface area contributed by atoms with Crippen molar-refractivity contribution < 1.29 is 0 Å². The number of anilines is 1. The van der Waals surface area contributed by atoms with Crippen LogP contribution in [-0.2, 0) is 6.42 Å². The van der Waals surface area contributed by atoms with Gasteiger partial charge >= 0.3 is 0 Å². The van der Waals surface area contributed by atoms with E-state index in [2.05, 4.69) is 43.1 Å². The third-order valence-corrected chi connectivity index (χ3v) is 3.60. The monoisotopic (exact) mass is 259 g/mol. The summed E-state index contributed by atoms with van der Waals surface area (Å²) in [5.74, 6) is 0. The van der Waals surface area contributed by atoms with E-state index in [-0.39, 0.29) is 0 Å². The molecule has 0 saturated carbocycles. The lowest BCUT2D eigenvalue weighted by Crippen LogP contribution is -1.91. The molecule has 0 spiro atoms.